The van der Waals surface area contributed by atoms with Gasteiger partial charge in [-0.1, -0.05) is 5.16 Å². The summed E-state index contributed by atoms with van der Waals surface area (Å²) in [6, 6.07) is 0. The Bertz CT molecular complexity index is 696. The van der Waals surface area contributed by atoms with Gasteiger partial charge in [-0.2, -0.15) is 0 Å². The maximum Gasteiger partial charge on any atom is 0.246 e. The van der Waals surface area contributed by atoms with Crippen LogP contribution in [-0.4, -0.2) is 29.7 Å². The zero-order chi connectivity index (χ0) is 14.9. The maximum atomic E-state index is 12.2. The molecule has 0 aliphatic carbocycles. The van der Waals surface area contributed by atoms with Gasteiger partial charge in [-0.05, 0) is 27.7 Å². The SMILES string of the molecule is Cc1noc(C)c1S(=O)(=O)NCCn1cnc(C)c1C. The molecule has 0 aliphatic heterocycles. The Balaban J connectivity index is 2.06. The Morgan fingerprint density at radius 2 is 1.95 bits per heavy atom. The number of hydrogen-bond donors (Lipinski definition) is 1. The van der Waals surface area contributed by atoms with Crippen LogP contribution >= 0.6 is 0 Å². The van der Waals surface area contributed by atoms with Gasteiger partial charge in [0, 0.05) is 18.8 Å². The minimum atomic E-state index is -3.59. The Morgan fingerprint density at radius 1 is 1.25 bits per heavy atom. The van der Waals surface area contributed by atoms with Crippen LogP contribution in [0.3, 0.4) is 0 Å². The molecule has 0 fully saturated rings. The highest BCUT2D eigenvalue weighted by Crippen LogP contribution is 2.18. The molecule has 20 heavy (non-hydrogen) atoms. The third-order valence-corrected chi connectivity index (χ3v) is 4.93. The van der Waals surface area contributed by atoms with E-state index in [0.717, 1.165) is 11.4 Å². The largest absolute Gasteiger partial charge is 0.360 e. The van der Waals surface area contributed by atoms with Crippen LogP contribution in [0.25, 0.3) is 0 Å². The minimum absolute atomic E-state index is 0.121. The fourth-order valence-electron chi connectivity index (χ4n) is 2.00. The molecule has 0 saturated carbocycles. The second-order valence-electron chi connectivity index (χ2n) is 4.66. The van der Waals surface area contributed by atoms with E-state index < -0.39 is 10.0 Å². The predicted molar refractivity (Wildman–Crippen MR) is 72.9 cm³/mol. The summed E-state index contributed by atoms with van der Waals surface area (Å²) in [6.07, 6.45) is 1.70. The van der Waals surface area contributed by atoms with Gasteiger partial charge >= 0.3 is 0 Å². The zero-order valence-corrected chi connectivity index (χ0v) is 12.8. The molecule has 0 saturated heterocycles. The zero-order valence-electron chi connectivity index (χ0n) is 12.0. The third kappa shape index (κ3) is 2.75. The number of nitrogens with zero attached hydrogens (tertiary/aromatic N) is 3. The molecule has 0 atom stereocenters. The van der Waals surface area contributed by atoms with Gasteiger partial charge in [-0.15, -0.1) is 0 Å². The van der Waals surface area contributed by atoms with Gasteiger partial charge in [0.1, 0.15) is 10.6 Å². The van der Waals surface area contributed by atoms with E-state index in [1.165, 1.54) is 0 Å². The van der Waals surface area contributed by atoms with E-state index in [1.54, 1.807) is 20.2 Å². The molecule has 7 nitrogen and oxygen atoms in total. The van der Waals surface area contributed by atoms with Crippen molar-refractivity contribution in [1.29, 1.82) is 0 Å². The molecule has 0 unspecified atom stereocenters. The Kier molecular flexibility index (Phi) is 3.96. The van der Waals surface area contributed by atoms with E-state index in [4.69, 9.17) is 4.52 Å². The maximum absolute atomic E-state index is 12.2. The Morgan fingerprint density at radius 3 is 2.45 bits per heavy atom. The van der Waals surface area contributed by atoms with E-state index in [1.807, 2.05) is 18.4 Å². The summed E-state index contributed by atoms with van der Waals surface area (Å²) in [6.45, 7) is 7.86. The van der Waals surface area contributed by atoms with Crippen LogP contribution in [0.5, 0.6) is 0 Å². The van der Waals surface area contributed by atoms with Crippen molar-refractivity contribution in [3.05, 3.63) is 29.2 Å². The third-order valence-electron chi connectivity index (χ3n) is 3.23. The van der Waals surface area contributed by atoms with Gasteiger partial charge in [0.25, 0.3) is 0 Å². The van der Waals surface area contributed by atoms with Gasteiger partial charge in [-0.3, -0.25) is 0 Å². The molecule has 110 valence electrons. The number of aromatic nitrogens is 3. The summed E-state index contributed by atoms with van der Waals surface area (Å²) in [5, 5.41) is 3.66. The molecule has 0 radical (unpaired) electrons. The summed E-state index contributed by atoms with van der Waals surface area (Å²) < 4.78 is 33.7. The first-order chi connectivity index (χ1) is 9.33. The Hall–Kier alpha value is -1.67. The first-order valence-corrected chi connectivity index (χ1v) is 7.72. The van der Waals surface area contributed by atoms with Crippen molar-refractivity contribution in [2.24, 2.45) is 0 Å². The van der Waals surface area contributed by atoms with Gasteiger partial charge < -0.3 is 9.09 Å². The molecule has 0 aliphatic rings. The average Bonchev–Trinajstić information content (AvgIpc) is 2.86. The molecule has 0 aromatic carbocycles. The average molecular weight is 298 g/mol. The summed E-state index contributed by atoms with van der Waals surface area (Å²) in [4.78, 5) is 4.29. The lowest BCUT2D eigenvalue weighted by Gasteiger charge is -2.08. The van der Waals surface area contributed by atoms with Crippen LogP contribution in [0.4, 0.5) is 0 Å². The molecule has 0 spiro atoms. The first kappa shape index (κ1) is 14.7. The van der Waals surface area contributed by atoms with Crippen LogP contribution in [0.2, 0.25) is 0 Å². The van der Waals surface area contributed by atoms with E-state index in [2.05, 4.69) is 14.9 Å². The van der Waals surface area contributed by atoms with E-state index >= 15 is 0 Å². The molecule has 2 aromatic rings. The van der Waals surface area contributed by atoms with Crippen molar-refractivity contribution < 1.29 is 12.9 Å². The fraction of sp³-hybridized carbons (Fsp3) is 0.500. The van der Waals surface area contributed by atoms with Crippen molar-refractivity contribution in [3.63, 3.8) is 0 Å². The number of hydrogen-bond acceptors (Lipinski definition) is 5. The summed E-state index contributed by atoms with van der Waals surface area (Å²) in [7, 11) is -3.59. The van der Waals surface area contributed by atoms with Crippen molar-refractivity contribution >= 4 is 10.0 Å². The summed E-state index contributed by atoms with van der Waals surface area (Å²) >= 11 is 0. The molecule has 2 rings (SSSR count). The number of rotatable bonds is 5. The summed E-state index contributed by atoms with van der Waals surface area (Å²) in [5.74, 6) is 0.296. The van der Waals surface area contributed by atoms with Gasteiger partial charge in [0.15, 0.2) is 5.76 Å². The number of aryl methyl sites for hydroxylation is 3. The van der Waals surface area contributed by atoms with Crippen molar-refractivity contribution in [2.75, 3.05) is 6.54 Å². The van der Waals surface area contributed by atoms with Crippen LogP contribution < -0.4 is 4.72 Å². The molecule has 0 bridgehead atoms. The fourth-order valence-corrected chi connectivity index (χ4v) is 3.35. The first-order valence-electron chi connectivity index (χ1n) is 6.24. The summed E-state index contributed by atoms with van der Waals surface area (Å²) in [5.41, 5.74) is 2.34. The molecule has 0 amide bonds. The molecule has 2 aromatic heterocycles. The van der Waals surface area contributed by atoms with Crippen molar-refractivity contribution in [1.82, 2.24) is 19.4 Å². The quantitative estimate of drug-likeness (QED) is 0.892. The highest BCUT2D eigenvalue weighted by molar-refractivity contribution is 7.89. The minimum Gasteiger partial charge on any atom is -0.360 e. The Labute approximate surface area is 118 Å². The highest BCUT2D eigenvalue weighted by atomic mass is 32.2. The van der Waals surface area contributed by atoms with Gasteiger partial charge in [0.05, 0.1) is 12.0 Å². The normalized spacial score (nSPS) is 12.0. The number of imidazole rings is 1. The van der Waals surface area contributed by atoms with Crippen molar-refractivity contribution in [2.45, 2.75) is 39.1 Å². The number of nitrogens with one attached hydrogen (secondary N) is 1. The van der Waals surface area contributed by atoms with Gasteiger partial charge in [-0.25, -0.2) is 18.1 Å². The van der Waals surface area contributed by atoms with E-state index in [9.17, 15) is 8.42 Å². The second-order valence-corrected chi connectivity index (χ2v) is 6.36. The number of sulfonamides is 1. The molecular formula is C12H18N4O3S. The van der Waals surface area contributed by atoms with Crippen LogP contribution in [0.1, 0.15) is 22.8 Å². The van der Waals surface area contributed by atoms with Crippen molar-refractivity contribution in [3.8, 4) is 0 Å². The molecule has 8 heteroatoms. The second kappa shape index (κ2) is 5.37. The smallest absolute Gasteiger partial charge is 0.246 e. The van der Waals surface area contributed by atoms with E-state index in [-0.39, 0.29) is 11.4 Å². The molecule has 1 N–H and O–H groups in total. The predicted octanol–water partition coefficient (Wildman–Crippen LogP) is 1.08. The van der Waals surface area contributed by atoms with Crippen LogP contribution in [-0.2, 0) is 16.6 Å². The molecular weight excluding hydrogens is 280 g/mol. The van der Waals surface area contributed by atoms with E-state index in [0.29, 0.717) is 18.0 Å². The topological polar surface area (TPSA) is 90.0 Å². The molecule has 2 heterocycles. The van der Waals surface area contributed by atoms with Gasteiger partial charge in [0.2, 0.25) is 10.0 Å². The van der Waals surface area contributed by atoms with Crippen LogP contribution in [0, 0.1) is 27.7 Å². The monoisotopic (exact) mass is 298 g/mol. The lowest BCUT2D eigenvalue weighted by atomic mass is 10.4. The lowest BCUT2D eigenvalue weighted by molar-refractivity contribution is 0.390. The standard InChI is InChI=1S/C12H18N4O3S/c1-8-10(3)16(7-13-8)6-5-14-20(17,18)12-9(2)15-19-11(12)4/h7,14H,5-6H2,1-4H3. The van der Waals surface area contributed by atoms with Crippen LogP contribution in [0.15, 0.2) is 15.7 Å². The highest BCUT2D eigenvalue weighted by Gasteiger charge is 2.23. The lowest BCUT2D eigenvalue weighted by Crippen LogP contribution is -2.28.